The smallest absolute Gasteiger partial charge is 0.345 e. The molecule has 0 aromatic heterocycles. The van der Waals surface area contributed by atoms with Crippen LogP contribution in [0, 0.1) is 0 Å². The summed E-state index contributed by atoms with van der Waals surface area (Å²) >= 11 is 0. The fourth-order valence-corrected chi connectivity index (χ4v) is 7.47. The Morgan fingerprint density at radius 3 is 0.881 bits per heavy atom. The molecule has 0 aliphatic heterocycles. The first-order valence-electron chi connectivity index (χ1n) is 24.3. The highest BCUT2D eigenvalue weighted by Gasteiger charge is 2.33. The summed E-state index contributed by atoms with van der Waals surface area (Å²) in [6.07, 6.45) is 35.5. The summed E-state index contributed by atoms with van der Waals surface area (Å²) in [5, 5.41) is 0. The number of methoxy groups -OCH3 is 1. The van der Waals surface area contributed by atoms with Gasteiger partial charge in [-0.05, 0) is 19.3 Å². The lowest BCUT2D eigenvalue weighted by molar-refractivity contribution is -0.143. The molecule has 0 unspecified atom stereocenters. The van der Waals surface area contributed by atoms with E-state index in [0.29, 0.717) is 36.7 Å². The highest BCUT2D eigenvalue weighted by molar-refractivity contribution is 5.97. The van der Waals surface area contributed by atoms with Gasteiger partial charge in [-0.15, -0.1) is 0 Å². The molecule has 342 valence electrons. The Balaban J connectivity index is 3.35. The van der Waals surface area contributed by atoms with Crippen molar-refractivity contribution in [1.82, 2.24) is 0 Å². The standard InChI is InChI=1S/C50H88O9/c1-7-10-13-16-19-22-25-28-31-34-37-55-47-44(40-58-42(4)51)48(56-38-35-32-29-26-23-20-17-14-11-8-2)46(50(53)54-6)49(45(47)41-59-43(5)52)57-39-36-33-30-27-24-21-18-15-12-9-3/h7-41H2,1-6H3. The van der Waals surface area contributed by atoms with Crippen molar-refractivity contribution in [1.29, 1.82) is 0 Å². The predicted molar refractivity (Wildman–Crippen MR) is 241 cm³/mol. The number of carbonyl (C=O) groups is 3. The zero-order valence-electron chi connectivity index (χ0n) is 38.9. The second-order valence-corrected chi connectivity index (χ2v) is 16.5. The van der Waals surface area contributed by atoms with E-state index in [9.17, 15) is 14.4 Å². The van der Waals surface area contributed by atoms with Gasteiger partial charge in [-0.3, -0.25) is 9.59 Å². The lowest BCUT2D eigenvalue weighted by Crippen LogP contribution is -2.18. The molecule has 1 aromatic rings. The minimum Gasteiger partial charge on any atom is -0.492 e. The summed E-state index contributed by atoms with van der Waals surface area (Å²) in [6, 6.07) is 0. The number of carbonyl (C=O) groups excluding carboxylic acids is 3. The summed E-state index contributed by atoms with van der Waals surface area (Å²) < 4.78 is 36.1. The number of esters is 3. The summed E-state index contributed by atoms with van der Waals surface area (Å²) in [6.45, 7) is 10.1. The van der Waals surface area contributed by atoms with Gasteiger partial charge in [0.25, 0.3) is 0 Å². The molecule has 0 N–H and O–H groups in total. The summed E-state index contributed by atoms with van der Waals surface area (Å²) in [5.74, 6) is -0.765. The van der Waals surface area contributed by atoms with Gasteiger partial charge in [-0.2, -0.15) is 0 Å². The number of hydrogen-bond acceptors (Lipinski definition) is 9. The molecule has 0 saturated carbocycles. The van der Waals surface area contributed by atoms with Crippen molar-refractivity contribution in [3.63, 3.8) is 0 Å². The van der Waals surface area contributed by atoms with E-state index in [4.69, 9.17) is 28.4 Å². The fraction of sp³-hybridized carbons (Fsp3) is 0.820. The predicted octanol–water partition coefficient (Wildman–Crippen LogP) is 14.5. The number of rotatable bonds is 41. The van der Waals surface area contributed by atoms with Gasteiger partial charge in [-0.25, -0.2) is 4.79 Å². The molecule has 0 fully saturated rings. The first-order valence-corrected chi connectivity index (χ1v) is 24.3. The minimum absolute atomic E-state index is 0.0993. The average molecular weight is 833 g/mol. The van der Waals surface area contributed by atoms with E-state index in [1.807, 2.05) is 0 Å². The highest BCUT2D eigenvalue weighted by Crippen LogP contribution is 2.46. The van der Waals surface area contributed by atoms with Crippen LogP contribution >= 0.6 is 0 Å². The van der Waals surface area contributed by atoms with Crippen LogP contribution < -0.4 is 14.2 Å². The van der Waals surface area contributed by atoms with Crippen molar-refractivity contribution in [3.8, 4) is 17.2 Å². The lowest BCUT2D eigenvalue weighted by Gasteiger charge is -2.25. The van der Waals surface area contributed by atoms with Gasteiger partial charge in [-0.1, -0.05) is 194 Å². The Morgan fingerprint density at radius 2 is 0.627 bits per heavy atom. The summed E-state index contributed by atoms with van der Waals surface area (Å²) in [7, 11) is 1.33. The average Bonchev–Trinajstić information content (AvgIpc) is 3.22. The van der Waals surface area contributed by atoms with E-state index in [1.54, 1.807) is 0 Å². The normalized spacial score (nSPS) is 11.1. The minimum atomic E-state index is -0.643. The molecule has 0 spiro atoms. The molecule has 59 heavy (non-hydrogen) atoms. The monoisotopic (exact) mass is 833 g/mol. The SMILES string of the molecule is CCCCCCCCCCCCOc1c(COC(C)=O)c(OCCCCCCCCCCCC)c(C(=O)OC)c(OCCCCCCCCCCCC)c1COC(C)=O. The molecule has 0 heterocycles. The van der Waals surface area contributed by atoms with E-state index in [1.165, 1.54) is 156 Å². The second-order valence-electron chi connectivity index (χ2n) is 16.5. The first-order chi connectivity index (χ1) is 28.8. The number of benzene rings is 1. The van der Waals surface area contributed by atoms with Crippen molar-refractivity contribution in [2.75, 3.05) is 26.9 Å². The van der Waals surface area contributed by atoms with Gasteiger partial charge in [0.15, 0.2) is 0 Å². The van der Waals surface area contributed by atoms with Crippen LogP contribution in [0.5, 0.6) is 17.2 Å². The summed E-state index contributed by atoms with van der Waals surface area (Å²) in [4.78, 5) is 38.2. The third kappa shape index (κ3) is 26.8. The van der Waals surface area contributed by atoms with Crippen LogP contribution in [0.2, 0.25) is 0 Å². The van der Waals surface area contributed by atoms with Gasteiger partial charge in [0.2, 0.25) is 0 Å². The Hall–Kier alpha value is -2.97. The van der Waals surface area contributed by atoms with E-state index >= 15 is 0 Å². The number of hydrogen-bond donors (Lipinski definition) is 0. The fourth-order valence-electron chi connectivity index (χ4n) is 7.47. The van der Waals surface area contributed by atoms with Crippen molar-refractivity contribution < 1.29 is 42.8 Å². The zero-order chi connectivity index (χ0) is 43.2. The van der Waals surface area contributed by atoms with E-state index < -0.39 is 17.9 Å². The van der Waals surface area contributed by atoms with Crippen LogP contribution in [0.15, 0.2) is 0 Å². The van der Waals surface area contributed by atoms with Crippen LogP contribution in [0.4, 0.5) is 0 Å². The Kier molecular flexibility index (Phi) is 34.8. The third-order valence-corrected chi connectivity index (χ3v) is 11.0. The maximum atomic E-state index is 13.8. The van der Waals surface area contributed by atoms with Crippen molar-refractivity contribution >= 4 is 17.9 Å². The Labute approximate surface area is 361 Å². The first kappa shape index (κ1) is 54.0. The quantitative estimate of drug-likeness (QED) is 0.0362. The maximum Gasteiger partial charge on any atom is 0.345 e. The molecule has 9 heteroatoms. The molecule has 0 aliphatic carbocycles. The largest absolute Gasteiger partial charge is 0.492 e. The number of ether oxygens (including phenoxy) is 6. The van der Waals surface area contributed by atoms with Crippen LogP contribution in [0.3, 0.4) is 0 Å². The molecule has 1 aromatic carbocycles. The molecule has 0 amide bonds. The van der Waals surface area contributed by atoms with Gasteiger partial charge in [0.1, 0.15) is 36.0 Å². The molecular formula is C50H88O9. The Morgan fingerprint density at radius 1 is 0.373 bits per heavy atom. The van der Waals surface area contributed by atoms with Crippen molar-refractivity contribution in [2.45, 2.75) is 240 Å². The summed E-state index contributed by atoms with van der Waals surface area (Å²) in [5.41, 5.74) is 0.920. The zero-order valence-corrected chi connectivity index (χ0v) is 38.9. The van der Waals surface area contributed by atoms with Gasteiger partial charge >= 0.3 is 17.9 Å². The molecule has 1 rings (SSSR count). The van der Waals surface area contributed by atoms with E-state index in [0.717, 1.165) is 57.8 Å². The van der Waals surface area contributed by atoms with Crippen LogP contribution in [-0.4, -0.2) is 44.8 Å². The number of unbranched alkanes of at least 4 members (excludes halogenated alkanes) is 27. The van der Waals surface area contributed by atoms with Crippen molar-refractivity contribution in [2.24, 2.45) is 0 Å². The maximum absolute atomic E-state index is 13.8. The lowest BCUT2D eigenvalue weighted by atomic mass is 9.99. The molecular weight excluding hydrogens is 745 g/mol. The van der Waals surface area contributed by atoms with Crippen LogP contribution in [0.1, 0.15) is 249 Å². The van der Waals surface area contributed by atoms with Gasteiger partial charge in [0.05, 0.1) is 38.1 Å². The molecule has 0 radical (unpaired) electrons. The molecule has 0 atom stereocenters. The molecule has 0 saturated heterocycles. The van der Waals surface area contributed by atoms with Gasteiger partial charge < -0.3 is 28.4 Å². The van der Waals surface area contributed by atoms with Crippen molar-refractivity contribution in [3.05, 3.63) is 16.7 Å². The van der Waals surface area contributed by atoms with E-state index in [2.05, 4.69) is 20.8 Å². The third-order valence-electron chi connectivity index (χ3n) is 11.0. The van der Waals surface area contributed by atoms with Crippen LogP contribution in [0.25, 0.3) is 0 Å². The topological polar surface area (TPSA) is 107 Å². The second kappa shape index (κ2) is 38.0. The molecule has 0 aliphatic rings. The molecule has 0 bridgehead atoms. The van der Waals surface area contributed by atoms with Crippen LogP contribution in [-0.2, 0) is 37.0 Å². The highest BCUT2D eigenvalue weighted by atomic mass is 16.6. The Bertz CT molecular complexity index is 1140. The molecule has 9 nitrogen and oxygen atoms in total. The van der Waals surface area contributed by atoms with E-state index in [-0.39, 0.29) is 30.3 Å². The van der Waals surface area contributed by atoms with Gasteiger partial charge in [0, 0.05) is 13.8 Å².